The minimum absolute atomic E-state index is 0.0442. The third-order valence-electron chi connectivity index (χ3n) is 5.86. The first-order valence-corrected chi connectivity index (χ1v) is 13.0. The van der Waals surface area contributed by atoms with Crippen molar-refractivity contribution in [3.8, 4) is 0 Å². The van der Waals surface area contributed by atoms with Crippen molar-refractivity contribution in [3.05, 3.63) is 45.5 Å². The summed E-state index contributed by atoms with van der Waals surface area (Å²) in [6, 6.07) is 2.60. The minimum atomic E-state index is -4.02. The number of rotatable bonds is 8. The van der Waals surface area contributed by atoms with Gasteiger partial charge in [0.1, 0.15) is 48.3 Å². The largest absolute Gasteiger partial charge is 0.394 e. The van der Waals surface area contributed by atoms with Crippen LogP contribution in [0, 0.1) is 0 Å². The highest BCUT2D eigenvalue weighted by atomic mass is 31.2. The summed E-state index contributed by atoms with van der Waals surface area (Å²) in [6.45, 7) is -0.127. The lowest BCUT2D eigenvalue weighted by molar-refractivity contribution is -0.0576. The second-order valence-corrected chi connectivity index (χ2v) is 10.5. The van der Waals surface area contributed by atoms with Crippen molar-refractivity contribution in [2.24, 2.45) is 0 Å². The maximum atomic E-state index is 13.1. The summed E-state index contributed by atoms with van der Waals surface area (Å²) in [5.41, 5.74) is 9.27. The topological polar surface area (TPSA) is 257 Å². The molecule has 17 nitrogen and oxygen atoms in total. The van der Waals surface area contributed by atoms with E-state index in [4.69, 9.17) is 30.0 Å². The number of aliphatic hydroxyl groups is 4. The fraction of sp³-hybridized carbons (Fsp3) is 0.579. The van der Waals surface area contributed by atoms with E-state index in [2.05, 4.69) is 9.97 Å². The molecule has 2 aliphatic rings. The first-order valence-electron chi connectivity index (χ1n) is 11.0. The molecule has 0 aliphatic carbocycles. The number of nitrogen functional groups attached to an aromatic ring is 2. The predicted octanol–water partition coefficient (Wildman–Crippen LogP) is -3.24. The first-order chi connectivity index (χ1) is 17.4. The highest BCUT2D eigenvalue weighted by molar-refractivity contribution is 7.53. The maximum absolute atomic E-state index is 13.1. The molecule has 2 aromatic rings. The number of ether oxygens (including phenoxy) is 2. The first kappa shape index (κ1) is 27.3. The van der Waals surface area contributed by atoms with Crippen LogP contribution in [0.25, 0.3) is 0 Å². The zero-order chi connectivity index (χ0) is 27.1. The number of nitrogens with zero attached hydrogens (tertiary/aromatic N) is 4. The van der Waals surface area contributed by atoms with Crippen LogP contribution in [0.15, 0.2) is 34.1 Å². The molecule has 37 heavy (non-hydrogen) atoms. The van der Waals surface area contributed by atoms with E-state index in [9.17, 15) is 34.6 Å². The van der Waals surface area contributed by atoms with Gasteiger partial charge in [0.25, 0.3) is 0 Å². The van der Waals surface area contributed by atoms with Gasteiger partial charge in [0, 0.05) is 19.1 Å². The molecule has 2 saturated heterocycles. The van der Waals surface area contributed by atoms with Gasteiger partial charge in [0.15, 0.2) is 12.5 Å². The molecule has 18 heteroatoms. The van der Waals surface area contributed by atoms with Gasteiger partial charge in [-0.3, -0.25) is 18.2 Å². The van der Waals surface area contributed by atoms with Gasteiger partial charge in [-0.15, -0.1) is 0 Å². The highest BCUT2D eigenvalue weighted by Crippen LogP contribution is 2.49. The Bertz CT molecular complexity index is 1290. The molecule has 9 atom stereocenters. The Morgan fingerprint density at radius 3 is 1.97 bits per heavy atom. The third kappa shape index (κ3) is 5.59. The second-order valence-electron chi connectivity index (χ2n) is 8.51. The lowest BCUT2D eigenvalue weighted by Gasteiger charge is -2.25. The summed E-state index contributed by atoms with van der Waals surface area (Å²) >= 11 is 0. The Morgan fingerprint density at radius 2 is 1.46 bits per heavy atom. The molecule has 4 rings (SSSR count). The van der Waals surface area contributed by atoms with Crippen LogP contribution in [0.3, 0.4) is 0 Å². The lowest BCUT2D eigenvalue weighted by Crippen LogP contribution is -2.38. The van der Waals surface area contributed by atoms with Crippen LogP contribution in [-0.4, -0.2) is 96.0 Å². The molecular formula is C19H27N6O11P. The quantitative estimate of drug-likeness (QED) is 0.178. The average Bonchev–Trinajstić information content (AvgIpc) is 3.28. The van der Waals surface area contributed by atoms with Gasteiger partial charge in [-0.2, -0.15) is 9.97 Å². The van der Waals surface area contributed by atoms with Crippen LogP contribution in [0.5, 0.6) is 0 Å². The summed E-state index contributed by atoms with van der Waals surface area (Å²) in [7, 11) is -4.02. The smallest absolute Gasteiger partial charge is 0.351 e. The molecule has 1 unspecified atom stereocenters. The zero-order valence-electron chi connectivity index (χ0n) is 19.4. The van der Waals surface area contributed by atoms with Crippen molar-refractivity contribution in [1.82, 2.24) is 19.1 Å². The summed E-state index contributed by atoms with van der Waals surface area (Å²) in [5, 5.41) is 41.1. The van der Waals surface area contributed by atoms with E-state index in [0.29, 0.717) is 0 Å². The van der Waals surface area contributed by atoms with E-state index < -0.39 is 81.3 Å². The van der Waals surface area contributed by atoms with Gasteiger partial charge in [-0.05, 0) is 12.1 Å². The molecule has 0 aromatic carbocycles. The molecule has 4 heterocycles. The number of aromatic nitrogens is 4. The van der Waals surface area contributed by atoms with Crippen LogP contribution in [0.1, 0.15) is 12.5 Å². The molecule has 0 radical (unpaired) electrons. The van der Waals surface area contributed by atoms with Gasteiger partial charge < -0.3 is 45.9 Å². The number of anilines is 2. The van der Waals surface area contributed by atoms with Crippen LogP contribution in [-0.2, 0) is 23.1 Å². The van der Waals surface area contributed by atoms with E-state index in [1.54, 1.807) is 0 Å². The van der Waals surface area contributed by atoms with Crippen LogP contribution < -0.4 is 22.8 Å². The van der Waals surface area contributed by atoms with Crippen molar-refractivity contribution in [3.63, 3.8) is 0 Å². The molecule has 204 valence electrons. The maximum Gasteiger partial charge on any atom is 0.351 e. The van der Waals surface area contributed by atoms with Crippen molar-refractivity contribution in [1.29, 1.82) is 0 Å². The van der Waals surface area contributed by atoms with Gasteiger partial charge in [-0.1, -0.05) is 0 Å². The summed E-state index contributed by atoms with van der Waals surface area (Å²) in [4.78, 5) is 31.3. The zero-order valence-corrected chi connectivity index (χ0v) is 20.3. The Morgan fingerprint density at radius 1 is 0.946 bits per heavy atom. The second kappa shape index (κ2) is 10.6. The van der Waals surface area contributed by atoms with Gasteiger partial charge >= 0.3 is 19.0 Å². The van der Waals surface area contributed by atoms with E-state index in [1.165, 1.54) is 24.5 Å². The van der Waals surface area contributed by atoms with Crippen molar-refractivity contribution in [2.75, 3.05) is 31.3 Å². The molecule has 8 N–H and O–H groups in total. The molecule has 0 saturated carbocycles. The number of hydrogen-bond acceptors (Lipinski definition) is 15. The van der Waals surface area contributed by atoms with E-state index >= 15 is 0 Å². The number of aliphatic hydroxyl groups excluding tert-OH is 4. The molecule has 0 bridgehead atoms. The third-order valence-corrected chi connectivity index (χ3v) is 7.11. The van der Waals surface area contributed by atoms with Crippen molar-refractivity contribution < 1.29 is 43.5 Å². The SMILES string of the molecule is CP(=O)(OC[C@H]1O[C@@H](n2ccc(N)nc2=O)[C@H](O)[C@@H]1O)O[C@H]1[C@@H](O)[C@H](n2ccc(N)nc2=O)O[C@@H]1CO. The fourth-order valence-corrected chi connectivity index (χ4v) is 5.20. The number of hydrogen-bond donors (Lipinski definition) is 6. The van der Waals surface area contributed by atoms with E-state index in [1.807, 2.05) is 0 Å². The highest BCUT2D eigenvalue weighted by Gasteiger charge is 2.49. The summed E-state index contributed by atoms with van der Waals surface area (Å²) < 4.78 is 36.7. The molecular weight excluding hydrogens is 519 g/mol. The fourth-order valence-electron chi connectivity index (χ4n) is 4.02. The summed E-state index contributed by atoms with van der Waals surface area (Å²) in [5.74, 6) is -0.0924. The number of nitrogens with two attached hydrogens (primary N) is 2. The molecule has 2 fully saturated rings. The van der Waals surface area contributed by atoms with E-state index in [0.717, 1.165) is 15.8 Å². The van der Waals surface area contributed by atoms with Gasteiger partial charge in [0.05, 0.1) is 13.2 Å². The molecule has 0 amide bonds. The lowest BCUT2D eigenvalue weighted by atomic mass is 10.1. The van der Waals surface area contributed by atoms with Crippen LogP contribution in [0.4, 0.5) is 11.6 Å². The standard InChI is InChI=1S/C19H27N6O11P/c1-37(32,33-7-9-12(27)13(28)16(35-9)24-4-2-10(20)22-18(24)30)36-15-8(6-26)34-17(14(15)29)25-5-3-11(21)23-19(25)31/h2-5,8-9,12-17,26-29H,6-7H2,1H3,(H2,20,22,30)(H2,21,23,31)/t8-,9-,12-,13-,14-,15-,16-,17-,37?/m1/s1. The normalized spacial score (nSPS) is 33.4. The van der Waals surface area contributed by atoms with Gasteiger partial charge in [-0.25, -0.2) is 9.59 Å². The average molecular weight is 546 g/mol. The summed E-state index contributed by atoms with van der Waals surface area (Å²) in [6.07, 6.45) is -8.64. The van der Waals surface area contributed by atoms with E-state index in [-0.39, 0.29) is 11.6 Å². The Hall–Kier alpha value is -2.73. The molecule has 0 spiro atoms. The minimum Gasteiger partial charge on any atom is -0.394 e. The van der Waals surface area contributed by atoms with Crippen LogP contribution in [0.2, 0.25) is 0 Å². The van der Waals surface area contributed by atoms with Crippen LogP contribution >= 0.6 is 7.60 Å². The van der Waals surface area contributed by atoms with Crippen molar-refractivity contribution in [2.45, 2.75) is 49.1 Å². The Kier molecular flexibility index (Phi) is 7.80. The Labute approximate surface area is 208 Å². The Balaban J connectivity index is 1.42. The monoisotopic (exact) mass is 546 g/mol. The predicted molar refractivity (Wildman–Crippen MR) is 123 cm³/mol. The van der Waals surface area contributed by atoms with Crippen molar-refractivity contribution >= 4 is 19.2 Å². The van der Waals surface area contributed by atoms with Gasteiger partial charge in [0.2, 0.25) is 0 Å². The molecule has 2 aliphatic heterocycles. The molecule has 2 aromatic heterocycles.